The molecule has 2 rings (SSSR count). The quantitative estimate of drug-likeness (QED) is 0.725. The minimum absolute atomic E-state index is 0.472. The Balaban J connectivity index is 2.06. The van der Waals surface area contributed by atoms with Crippen molar-refractivity contribution in [3.05, 3.63) is 29.3 Å². The number of nitrogens with two attached hydrogens (primary N) is 1. The predicted octanol–water partition coefficient (Wildman–Crippen LogP) is 1.05. The standard InChI is InChI=1S/C8H9ClN6/c9-6-3-11-4-13-8(6)12-1-5-2-14-15-7(5)10/h2-4H,1H2,(H3,10,14,15)(H,11,12,13). The topological polar surface area (TPSA) is 92.5 Å². The number of halogens is 1. The zero-order valence-electron chi connectivity index (χ0n) is 7.74. The maximum absolute atomic E-state index is 5.86. The van der Waals surface area contributed by atoms with Gasteiger partial charge >= 0.3 is 0 Å². The van der Waals surface area contributed by atoms with Crippen LogP contribution in [-0.4, -0.2) is 20.2 Å². The SMILES string of the molecule is Nc1[nH]ncc1CNc1ncncc1Cl. The van der Waals surface area contributed by atoms with Crippen LogP contribution in [-0.2, 0) is 6.54 Å². The molecule has 0 atom stereocenters. The number of nitrogen functional groups attached to an aromatic ring is 1. The summed E-state index contributed by atoms with van der Waals surface area (Å²) in [6.07, 6.45) is 4.60. The van der Waals surface area contributed by atoms with Crippen LogP contribution in [0.4, 0.5) is 11.6 Å². The molecule has 2 aromatic heterocycles. The number of hydrogen-bond acceptors (Lipinski definition) is 5. The fraction of sp³-hybridized carbons (Fsp3) is 0.125. The van der Waals surface area contributed by atoms with Crippen molar-refractivity contribution in [2.24, 2.45) is 0 Å². The number of anilines is 2. The van der Waals surface area contributed by atoms with Crippen LogP contribution in [0.15, 0.2) is 18.7 Å². The molecule has 0 saturated heterocycles. The molecule has 0 aliphatic rings. The van der Waals surface area contributed by atoms with Crippen molar-refractivity contribution in [1.29, 1.82) is 0 Å². The summed E-state index contributed by atoms with van der Waals surface area (Å²) < 4.78 is 0. The van der Waals surface area contributed by atoms with E-state index in [-0.39, 0.29) is 0 Å². The lowest BCUT2D eigenvalue weighted by molar-refractivity contribution is 1.08. The Morgan fingerprint density at radius 3 is 3.00 bits per heavy atom. The monoisotopic (exact) mass is 224 g/mol. The zero-order valence-corrected chi connectivity index (χ0v) is 8.49. The number of rotatable bonds is 3. The summed E-state index contributed by atoms with van der Waals surface area (Å²) >= 11 is 5.86. The predicted molar refractivity (Wildman–Crippen MR) is 57.4 cm³/mol. The molecule has 2 heterocycles. The summed E-state index contributed by atoms with van der Waals surface area (Å²) in [6.45, 7) is 0.513. The second kappa shape index (κ2) is 4.14. The molecule has 0 saturated carbocycles. The lowest BCUT2D eigenvalue weighted by Gasteiger charge is -2.05. The van der Waals surface area contributed by atoms with E-state index in [1.54, 1.807) is 6.20 Å². The molecule has 0 aliphatic heterocycles. The summed E-state index contributed by atoms with van der Waals surface area (Å²) in [5, 5.41) is 9.95. The highest BCUT2D eigenvalue weighted by Gasteiger charge is 2.03. The fourth-order valence-corrected chi connectivity index (χ4v) is 1.26. The van der Waals surface area contributed by atoms with Gasteiger partial charge in [-0.1, -0.05) is 11.6 Å². The minimum atomic E-state index is 0.472. The molecule has 15 heavy (non-hydrogen) atoms. The molecular formula is C8H9ClN6. The number of nitrogens with one attached hydrogen (secondary N) is 2. The second-order valence-corrected chi connectivity index (χ2v) is 3.29. The van der Waals surface area contributed by atoms with E-state index in [1.165, 1.54) is 12.5 Å². The minimum Gasteiger partial charge on any atom is -0.384 e. The van der Waals surface area contributed by atoms with Crippen LogP contribution in [0.2, 0.25) is 5.02 Å². The van der Waals surface area contributed by atoms with E-state index in [0.29, 0.717) is 23.2 Å². The number of H-pyrrole nitrogens is 1. The molecule has 78 valence electrons. The van der Waals surface area contributed by atoms with Gasteiger partial charge in [0.25, 0.3) is 0 Å². The smallest absolute Gasteiger partial charge is 0.148 e. The van der Waals surface area contributed by atoms with Crippen LogP contribution >= 0.6 is 11.6 Å². The first-order chi connectivity index (χ1) is 7.27. The van der Waals surface area contributed by atoms with Crippen molar-refractivity contribution in [3.8, 4) is 0 Å². The highest BCUT2D eigenvalue weighted by atomic mass is 35.5. The highest BCUT2D eigenvalue weighted by Crippen LogP contribution is 2.17. The van der Waals surface area contributed by atoms with Crippen molar-refractivity contribution in [1.82, 2.24) is 20.2 Å². The van der Waals surface area contributed by atoms with Gasteiger partial charge in [-0.25, -0.2) is 9.97 Å². The maximum Gasteiger partial charge on any atom is 0.148 e. The molecule has 0 bridgehead atoms. The van der Waals surface area contributed by atoms with Gasteiger partial charge in [-0.3, -0.25) is 5.10 Å². The first-order valence-corrected chi connectivity index (χ1v) is 4.62. The molecule has 7 heteroatoms. The van der Waals surface area contributed by atoms with E-state index in [4.69, 9.17) is 17.3 Å². The van der Waals surface area contributed by atoms with Crippen molar-refractivity contribution in [3.63, 3.8) is 0 Å². The summed E-state index contributed by atoms with van der Waals surface area (Å²) in [5.74, 6) is 1.11. The van der Waals surface area contributed by atoms with Gasteiger partial charge in [-0.2, -0.15) is 5.10 Å². The Morgan fingerprint density at radius 1 is 1.47 bits per heavy atom. The molecule has 4 N–H and O–H groups in total. The van der Waals surface area contributed by atoms with Gasteiger partial charge in [-0.15, -0.1) is 0 Å². The van der Waals surface area contributed by atoms with Crippen molar-refractivity contribution < 1.29 is 0 Å². The van der Waals surface area contributed by atoms with E-state index in [2.05, 4.69) is 25.5 Å². The average molecular weight is 225 g/mol. The second-order valence-electron chi connectivity index (χ2n) is 2.88. The number of aromatic amines is 1. The molecule has 0 aliphatic carbocycles. The van der Waals surface area contributed by atoms with Crippen molar-refractivity contribution >= 4 is 23.2 Å². The summed E-state index contributed by atoms with van der Waals surface area (Å²) in [5.41, 5.74) is 6.48. The van der Waals surface area contributed by atoms with Gasteiger partial charge in [0.15, 0.2) is 0 Å². The van der Waals surface area contributed by atoms with Gasteiger partial charge in [0.2, 0.25) is 0 Å². The summed E-state index contributed by atoms with van der Waals surface area (Å²) in [4.78, 5) is 7.76. The van der Waals surface area contributed by atoms with E-state index in [9.17, 15) is 0 Å². The van der Waals surface area contributed by atoms with Gasteiger partial charge in [0.05, 0.1) is 12.4 Å². The van der Waals surface area contributed by atoms with Crippen LogP contribution in [0.5, 0.6) is 0 Å². The zero-order chi connectivity index (χ0) is 10.7. The number of hydrogen-bond donors (Lipinski definition) is 3. The largest absolute Gasteiger partial charge is 0.384 e. The molecule has 0 aromatic carbocycles. The first kappa shape index (κ1) is 9.72. The van der Waals surface area contributed by atoms with Crippen LogP contribution in [0, 0.1) is 0 Å². The Labute approximate surface area is 90.9 Å². The first-order valence-electron chi connectivity index (χ1n) is 4.24. The third-order valence-electron chi connectivity index (χ3n) is 1.87. The highest BCUT2D eigenvalue weighted by molar-refractivity contribution is 6.32. The van der Waals surface area contributed by atoms with Crippen LogP contribution in [0.3, 0.4) is 0 Å². The summed E-state index contributed by atoms with van der Waals surface area (Å²) in [7, 11) is 0. The molecule has 6 nitrogen and oxygen atoms in total. The summed E-state index contributed by atoms with van der Waals surface area (Å²) in [6, 6.07) is 0. The van der Waals surface area contributed by atoms with Crippen molar-refractivity contribution in [2.45, 2.75) is 6.54 Å². The van der Waals surface area contributed by atoms with E-state index in [1.807, 2.05) is 0 Å². The number of aromatic nitrogens is 4. The normalized spacial score (nSPS) is 10.2. The molecular weight excluding hydrogens is 216 g/mol. The fourth-order valence-electron chi connectivity index (χ4n) is 1.08. The third-order valence-corrected chi connectivity index (χ3v) is 2.14. The average Bonchev–Trinajstić information content (AvgIpc) is 2.63. The van der Waals surface area contributed by atoms with Gasteiger partial charge in [0.1, 0.15) is 23.0 Å². The van der Waals surface area contributed by atoms with Crippen LogP contribution in [0.25, 0.3) is 0 Å². The van der Waals surface area contributed by atoms with Gasteiger partial charge < -0.3 is 11.1 Å². The van der Waals surface area contributed by atoms with E-state index >= 15 is 0 Å². The van der Waals surface area contributed by atoms with Crippen LogP contribution in [0.1, 0.15) is 5.56 Å². The Hall–Kier alpha value is -1.82. The van der Waals surface area contributed by atoms with Gasteiger partial charge in [0, 0.05) is 12.1 Å². The van der Waals surface area contributed by atoms with E-state index in [0.717, 1.165) is 5.56 Å². The Kier molecular flexibility index (Phi) is 2.68. The van der Waals surface area contributed by atoms with Crippen LogP contribution < -0.4 is 11.1 Å². The molecule has 0 spiro atoms. The van der Waals surface area contributed by atoms with Gasteiger partial charge in [-0.05, 0) is 0 Å². The lowest BCUT2D eigenvalue weighted by atomic mass is 10.3. The Bertz CT molecular complexity index is 454. The Morgan fingerprint density at radius 2 is 2.33 bits per heavy atom. The third kappa shape index (κ3) is 2.16. The molecule has 0 amide bonds. The number of nitrogens with zero attached hydrogens (tertiary/aromatic N) is 3. The molecule has 0 radical (unpaired) electrons. The molecule has 0 fully saturated rings. The lowest BCUT2D eigenvalue weighted by Crippen LogP contribution is -2.03. The molecule has 2 aromatic rings. The van der Waals surface area contributed by atoms with E-state index < -0.39 is 0 Å². The molecule has 0 unspecified atom stereocenters. The maximum atomic E-state index is 5.86. The van der Waals surface area contributed by atoms with Crippen molar-refractivity contribution in [2.75, 3.05) is 11.1 Å².